The third-order valence-corrected chi connectivity index (χ3v) is 6.07. The summed E-state index contributed by atoms with van der Waals surface area (Å²) in [4.78, 5) is 14.1. The number of benzene rings is 4. The van der Waals surface area contributed by atoms with Crippen LogP contribution in [0.3, 0.4) is 0 Å². The lowest BCUT2D eigenvalue weighted by Gasteiger charge is -2.19. The maximum absolute atomic E-state index is 14.1. The monoisotopic (exact) mass is 444 g/mol. The van der Waals surface area contributed by atoms with E-state index in [1.54, 1.807) is 14.2 Å². The van der Waals surface area contributed by atoms with Gasteiger partial charge in [-0.05, 0) is 67.1 Å². The van der Waals surface area contributed by atoms with Gasteiger partial charge in [0, 0.05) is 21.5 Å². The Bertz CT molecular complexity index is 1310. The van der Waals surface area contributed by atoms with Crippen molar-refractivity contribution >= 4 is 28.2 Å². The SMILES string of the molecule is COc1ccc2ccc(OC)c(-c3ccc(Cl)cc3)c2c1C(=O)c1c(C)cc(C)cc1C. The van der Waals surface area contributed by atoms with Crippen LogP contribution in [0.4, 0.5) is 0 Å². The average Bonchev–Trinajstić information content (AvgIpc) is 2.77. The van der Waals surface area contributed by atoms with Gasteiger partial charge in [0.15, 0.2) is 5.78 Å². The van der Waals surface area contributed by atoms with E-state index in [0.29, 0.717) is 27.6 Å². The summed E-state index contributed by atoms with van der Waals surface area (Å²) >= 11 is 6.14. The molecule has 0 radical (unpaired) electrons. The van der Waals surface area contributed by atoms with Gasteiger partial charge in [-0.25, -0.2) is 0 Å². The first-order chi connectivity index (χ1) is 15.3. The van der Waals surface area contributed by atoms with Gasteiger partial charge in [0.1, 0.15) is 11.5 Å². The average molecular weight is 445 g/mol. The van der Waals surface area contributed by atoms with Crippen molar-refractivity contribution in [1.82, 2.24) is 0 Å². The molecule has 0 aliphatic carbocycles. The number of fused-ring (bicyclic) bond motifs is 1. The molecule has 0 saturated heterocycles. The number of aryl methyl sites for hydroxylation is 3. The van der Waals surface area contributed by atoms with E-state index in [2.05, 4.69) is 0 Å². The fraction of sp³-hybridized carbons (Fsp3) is 0.179. The smallest absolute Gasteiger partial charge is 0.197 e. The van der Waals surface area contributed by atoms with Crippen molar-refractivity contribution < 1.29 is 14.3 Å². The van der Waals surface area contributed by atoms with Gasteiger partial charge in [-0.2, -0.15) is 0 Å². The highest BCUT2D eigenvalue weighted by molar-refractivity contribution is 6.30. The molecule has 4 aromatic rings. The van der Waals surface area contributed by atoms with E-state index in [0.717, 1.165) is 38.6 Å². The molecule has 0 aromatic heterocycles. The Balaban J connectivity index is 2.13. The van der Waals surface area contributed by atoms with Gasteiger partial charge in [-0.1, -0.05) is 53.6 Å². The first-order valence-corrected chi connectivity index (χ1v) is 10.8. The zero-order chi connectivity index (χ0) is 23.0. The van der Waals surface area contributed by atoms with Crippen molar-refractivity contribution in [2.75, 3.05) is 14.2 Å². The number of halogens is 1. The van der Waals surface area contributed by atoms with Crippen LogP contribution in [0.25, 0.3) is 21.9 Å². The third-order valence-electron chi connectivity index (χ3n) is 5.81. The van der Waals surface area contributed by atoms with Crippen molar-refractivity contribution in [3.63, 3.8) is 0 Å². The number of carbonyl (C=O) groups is 1. The van der Waals surface area contributed by atoms with Crippen LogP contribution in [0, 0.1) is 20.8 Å². The van der Waals surface area contributed by atoms with E-state index in [-0.39, 0.29) is 5.78 Å². The van der Waals surface area contributed by atoms with Crippen LogP contribution in [-0.2, 0) is 0 Å². The quantitative estimate of drug-likeness (QED) is 0.302. The fourth-order valence-corrected chi connectivity index (χ4v) is 4.64. The molecule has 3 nitrogen and oxygen atoms in total. The highest BCUT2D eigenvalue weighted by atomic mass is 35.5. The molecular weight excluding hydrogens is 420 g/mol. The molecule has 0 heterocycles. The Kier molecular flexibility index (Phi) is 5.94. The first-order valence-electron chi connectivity index (χ1n) is 10.4. The van der Waals surface area contributed by atoms with Crippen molar-refractivity contribution in [1.29, 1.82) is 0 Å². The zero-order valence-corrected chi connectivity index (χ0v) is 19.6. The number of methoxy groups -OCH3 is 2. The number of ketones is 1. The van der Waals surface area contributed by atoms with Gasteiger partial charge in [0.2, 0.25) is 0 Å². The summed E-state index contributed by atoms with van der Waals surface area (Å²) in [7, 11) is 3.23. The van der Waals surface area contributed by atoms with Gasteiger partial charge in [-0.15, -0.1) is 0 Å². The van der Waals surface area contributed by atoms with Crippen LogP contribution in [-0.4, -0.2) is 20.0 Å². The molecule has 32 heavy (non-hydrogen) atoms. The molecular formula is C28H25ClO3. The number of hydrogen-bond donors (Lipinski definition) is 0. The summed E-state index contributed by atoms with van der Waals surface area (Å²) in [5.41, 5.74) is 6.01. The molecule has 0 aliphatic heterocycles. The van der Waals surface area contributed by atoms with Gasteiger partial charge in [-0.3, -0.25) is 4.79 Å². The summed E-state index contributed by atoms with van der Waals surface area (Å²) < 4.78 is 11.4. The topological polar surface area (TPSA) is 35.5 Å². The van der Waals surface area contributed by atoms with Crippen molar-refractivity contribution in [2.45, 2.75) is 20.8 Å². The zero-order valence-electron chi connectivity index (χ0n) is 18.9. The molecule has 0 unspecified atom stereocenters. The van der Waals surface area contributed by atoms with Crippen LogP contribution in [0.5, 0.6) is 11.5 Å². The van der Waals surface area contributed by atoms with Crippen molar-refractivity contribution in [3.05, 3.63) is 93.5 Å². The summed E-state index contributed by atoms with van der Waals surface area (Å²) in [5, 5.41) is 2.38. The molecule has 0 bridgehead atoms. The normalized spacial score (nSPS) is 10.9. The van der Waals surface area contributed by atoms with Crippen molar-refractivity contribution in [2.24, 2.45) is 0 Å². The van der Waals surface area contributed by atoms with Crippen LogP contribution in [0.1, 0.15) is 32.6 Å². The van der Waals surface area contributed by atoms with Crippen LogP contribution in [0.15, 0.2) is 60.7 Å². The summed E-state index contributed by atoms with van der Waals surface area (Å²) in [6.45, 7) is 5.99. The lowest BCUT2D eigenvalue weighted by atomic mass is 9.87. The molecule has 0 aliphatic rings. The Hall–Kier alpha value is -3.30. The Morgan fingerprint density at radius 3 is 1.88 bits per heavy atom. The number of rotatable bonds is 5. The fourth-order valence-electron chi connectivity index (χ4n) is 4.51. The van der Waals surface area contributed by atoms with E-state index in [1.807, 2.05) is 81.4 Å². The summed E-state index contributed by atoms with van der Waals surface area (Å²) in [6.07, 6.45) is 0. The van der Waals surface area contributed by atoms with E-state index in [4.69, 9.17) is 21.1 Å². The van der Waals surface area contributed by atoms with E-state index in [1.165, 1.54) is 0 Å². The Labute approximate surface area is 193 Å². The minimum absolute atomic E-state index is 0.0640. The van der Waals surface area contributed by atoms with Crippen LogP contribution >= 0.6 is 11.6 Å². The van der Waals surface area contributed by atoms with E-state index in [9.17, 15) is 4.79 Å². The van der Waals surface area contributed by atoms with Gasteiger partial charge < -0.3 is 9.47 Å². The molecule has 0 spiro atoms. The lowest BCUT2D eigenvalue weighted by Crippen LogP contribution is -2.10. The molecule has 4 heteroatoms. The number of hydrogen-bond acceptors (Lipinski definition) is 3. The van der Waals surface area contributed by atoms with Crippen LogP contribution in [0.2, 0.25) is 5.02 Å². The molecule has 0 amide bonds. The molecule has 4 aromatic carbocycles. The van der Waals surface area contributed by atoms with Gasteiger partial charge >= 0.3 is 0 Å². The number of carbonyl (C=O) groups excluding carboxylic acids is 1. The highest BCUT2D eigenvalue weighted by Gasteiger charge is 2.25. The van der Waals surface area contributed by atoms with Crippen LogP contribution < -0.4 is 9.47 Å². The Morgan fingerprint density at radius 2 is 1.31 bits per heavy atom. The third kappa shape index (κ3) is 3.74. The van der Waals surface area contributed by atoms with Crippen molar-refractivity contribution in [3.8, 4) is 22.6 Å². The molecule has 0 N–H and O–H groups in total. The largest absolute Gasteiger partial charge is 0.496 e. The predicted octanol–water partition coefficient (Wildman–Crippen LogP) is 7.33. The maximum Gasteiger partial charge on any atom is 0.197 e. The van der Waals surface area contributed by atoms with Gasteiger partial charge in [0.05, 0.1) is 19.8 Å². The number of ether oxygens (including phenoxy) is 2. The molecule has 162 valence electrons. The summed E-state index contributed by atoms with van der Waals surface area (Å²) in [6, 6.07) is 19.4. The maximum atomic E-state index is 14.1. The second kappa shape index (κ2) is 8.68. The lowest BCUT2D eigenvalue weighted by molar-refractivity contribution is 0.103. The van der Waals surface area contributed by atoms with E-state index < -0.39 is 0 Å². The standard InChI is InChI=1S/C28H25ClO3/c1-16-14-17(2)24(18(3)15-16)28(30)27-23(32-5)13-9-20-8-12-22(31-4)25(26(20)27)19-6-10-21(29)11-7-19/h6-15H,1-5H3. The molecule has 0 fully saturated rings. The molecule has 4 rings (SSSR count). The Morgan fingerprint density at radius 1 is 0.750 bits per heavy atom. The first kappa shape index (κ1) is 21.9. The second-order valence-corrected chi connectivity index (χ2v) is 8.43. The predicted molar refractivity (Wildman–Crippen MR) is 132 cm³/mol. The second-order valence-electron chi connectivity index (χ2n) is 7.99. The van der Waals surface area contributed by atoms with Gasteiger partial charge in [0.25, 0.3) is 0 Å². The minimum Gasteiger partial charge on any atom is -0.496 e. The van der Waals surface area contributed by atoms with E-state index >= 15 is 0 Å². The highest BCUT2D eigenvalue weighted by Crippen LogP contribution is 2.43. The molecule has 0 atom stereocenters. The molecule has 0 saturated carbocycles. The summed E-state index contributed by atoms with van der Waals surface area (Å²) in [5.74, 6) is 1.15. The minimum atomic E-state index is -0.0640.